The van der Waals surface area contributed by atoms with E-state index in [4.69, 9.17) is 16.0 Å². The Morgan fingerprint density at radius 1 is 1.05 bits per heavy atom. The Kier molecular flexibility index (Phi) is 4.32. The van der Waals surface area contributed by atoms with Crippen LogP contribution in [0.4, 0.5) is 5.69 Å². The van der Waals surface area contributed by atoms with Crippen molar-refractivity contribution in [1.82, 2.24) is 0 Å². The van der Waals surface area contributed by atoms with Crippen LogP contribution in [0.5, 0.6) is 5.75 Å². The molecular weight excluding hydrogens is 366 g/mol. The average Bonchev–Trinajstić information content (AvgIpc) is 2.98. The van der Waals surface area contributed by atoms with Crippen molar-refractivity contribution in [2.45, 2.75) is 0 Å². The van der Waals surface area contributed by atoms with Gasteiger partial charge in [-0.15, -0.1) is 0 Å². The Balaban J connectivity index is 1.83. The maximum absolute atomic E-state index is 9.71. The summed E-state index contributed by atoms with van der Waals surface area (Å²) in [6.45, 7) is 0. The molecule has 3 rings (SSSR count). The second kappa shape index (κ2) is 6.38. The Labute approximate surface area is 141 Å². The van der Waals surface area contributed by atoms with Gasteiger partial charge < -0.3 is 9.52 Å². The van der Waals surface area contributed by atoms with E-state index in [-0.39, 0.29) is 5.75 Å². The molecule has 3 nitrogen and oxygen atoms in total. The lowest BCUT2D eigenvalue weighted by Crippen LogP contribution is -1.76. The molecule has 0 aliphatic carbocycles. The fraction of sp³-hybridized carbons (Fsp3) is 0. The summed E-state index contributed by atoms with van der Waals surface area (Å²) in [6, 6.07) is 16.2. The summed E-state index contributed by atoms with van der Waals surface area (Å²) in [5.41, 5.74) is 1.38. The van der Waals surface area contributed by atoms with Gasteiger partial charge in [0, 0.05) is 15.1 Å². The lowest BCUT2D eigenvalue weighted by molar-refractivity contribution is 0.477. The summed E-state index contributed by atoms with van der Waals surface area (Å²) in [5.74, 6) is 1.42. The summed E-state index contributed by atoms with van der Waals surface area (Å²) in [6.07, 6.45) is 1.55. The molecule has 0 fully saturated rings. The minimum atomic E-state index is 0.0698. The van der Waals surface area contributed by atoms with Crippen LogP contribution in [0.1, 0.15) is 5.76 Å². The number of aromatic hydroxyl groups is 1. The molecule has 0 unspecified atom stereocenters. The molecule has 0 spiro atoms. The van der Waals surface area contributed by atoms with E-state index in [0.29, 0.717) is 16.5 Å². The summed E-state index contributed by atoms with van der Waals surface area (Å²) in [7, 11) is 0. The second-order valence-electron chi connectivity index (χ2n) is 4.60. The normalized spacial score (nSPS) is 11.2. The maximum Gasteiger partial charge on any atom is 0.145 e. The molecule has 5 heteroatoms. The van der Waals surface area contributed by atoms with Crippen LogP contribution in [-0.2, 0) is 0 Å². The van der Waals surface area contributed by atoms with Crippen molar-refractivity contribution < 1.29 is 9.52 Å². The van der Waals surface area contributed by atoms with E-state index >= 15 is 0 Å². The average molecular weight is 377 g/mol. The number of benzene rings is 2. The van der Waals surface area contributed by atoms with Gasteiger partial charge in [-0.05, 0) is 42.5 Å². The number of phenols is 1. The highest BCUT2D eigenvalue weighted by atomic mass is 79.9. The SMILES string of the molecule is Oc1ccc(Cl)cc1N=Cc1ccc(-c2ccc(Br)cc2)o1. The van der Waals surface area contributed by atoms with Crippen molar-refractivity contribution in [1.29, 1.82) is 0 Å². The van der Waals surface area contributed by atoms with Crippen LogP contribution in [-0.4, -0.2) is 11.3 Å². The number of halogens is 2. The number of nitrogens with zero attached hydrogens (tertiary/aromatic N) is 1. The number of hydrogen-bond acceptors (Lipinski definition) is 3. The van der Waals surface area contributed by atoms with Crippen LogP contribution in [0.2, 0.25) is 5.02 Å². The highest BCUT2D eigenvalue weighted by molar-refractivity contribution is 9.10. The van der Waals surface area contributed by atoms with E-state index in [1.807, 2.05) is 36.4 Å². The molecule has 0 radical (unpaired) electrons. The van der Waals surface area contributed by atoms with Gasteiger partial charge in [0.1, 0.15) is 23.0 Å². The third kappa shape index (κ3) is 3.40. The number of aliphatic imine (C=N–C) groups is 1. The Morgan fingerprint density at radius 2 is 1.82 bits per heavy atom. The largest absolute Gasteiger partial charge is 0.506 e. The van der Waals surface area contributed by atoms with Crippen LogP contribution in [0.15, 0.2) is 68.5 Å². The van der Waals surface area contributed by atoms with E-state index in [0.717, 1.165) is 15.8 Å². The quantitative estimate of drug-likeness (QED) is 0.585. The van der Waals surface area contributed by atoms with Gasteiger partial charge in [0.15, 0.2) is 0 Å². The van der Waals surface area contributed by atoms with E-state index in [1.54, 1.807) is 18.3 Å². The summed E-state index contributed by atoms with van der Waals surface area (Å²) >= 11 is 9.28. The number of rotatable bonds is 3. The minimum absolute atomic E-state index is 0.0698. The molecule has 3 aromatic rings. The van der Waals surface area contributed by atoms with Crippen molar-refractivity contribution >= 4 is 39.4 Å². The first kappa shape index (κ1) is 14.9. The topological polar surface area (TPSA) is 45.7 Å². The van der Waals surface area contributed by atoms with Crippen LogP contribution in [0, 0.1) is 0 Å². The van der Waals surface area contributed by atoms with Gasteiger partial charge in [-0.3, -0.25) is 0 Å². The van der Waals surface area contributed by atoms with Crippen molar-refractivity contribution in [2.24, 2.45) is 4.99 Å². The molecule has 22 heavy (non-hydrogen) atoms. The zero-order valence-electron chi connectivity index (χ0n) is 11.3. The number of furan rings is 1. The zero-order chi connectivity index (χ0) is 15.5. The van der Waals surface area contributed by atoms with Crippen LogP contribution >= 0.6 is 27.5 Å². The fourth-order valence-electron chi connectivity index (χ4n) is 1.92. The van der Waals surface area contributed by atoms with E-state index in [1.165, 1.54) is 6.07 Å². The number of hydrogen-bond donors (Lipinski definition) is 1. The van der Waals surface area contributed by atoms with E-state index in [9.17, 15) is 5.11 Å². The molecule has 0 atom stereocenters. The van der Waals surface area contributed by atoms with Crippen molar-refractivity contribution in [3.63, 3.8) is 0 Å². The smallest absolute Gasteiger partial charge is 0.145 e. The van der Waals surface area contributed by atoms with Crippen LogP contribution in [0.3, 0.4) is 0 Å². The van der Waals surface area contributed by atoms with Crippen molar-refractivity contribution in [3.05, 3.63) is 69.9 Å². The summed E-state index contributed by atoms with van der Waals surface area (Å²) < 4.78 is 6.74. The van der Waals surface area contributed by atoms with Gasteiger partial charge in [-0.2, -0.15) is 0 Å². The predicted molar refractivity (Wildman–Crippen MR) is 92.2 cm³/mol. The molecule has 0 aliphatic heterocycles. The summed E-state index contributed by atoms with van der Waals surface area (Å²) in [5, 5.41) is 10.2. The molecule has 1 aromatic heterocycles. The maximum atomic E-state index is 9.71. The highest BCUT2D eigenvalue weighted by Crippen LogP contribution is 2.29. The van der Waals surface area contributed by atoms with Crippen molar-refractivity contribution in [3.8, 4) is 17.1 Å². The van der Waals surface area contributed by atoms with E-state index < -0.39 is 0 Å². The standard InChI is InChI=1S/C17H11BrClNO2/c18-12-3-1-11(2-4-12)17-8-6-14(22-17)10-20-15-9-13(19)5-7-16(15)21/h1-10,21H. The predicted octanol–water partition coefficient (Wildman–Crippen LogP) is 5.82. The van der Waals surface area contributed by atoms with Gasteiger partial charge in [0.2, 0.25) is 0 Å². The molecule has 0 saturated carbocycles. The molecule has 1 heterocycles. The molecule has 2 aromatic carbocycles. The third-order valence-corrected chi connectivity index (χ3v) is 3.79. The van der Waals surface area contributed by atoms with Crippen molar-refractivity contribution in [2.75, 3.05) is 0 Å². The van der Waals surface area contributed by atoms with Gasteiger partial charge in [0.25, 0.3) is 0 Å². The lowest BCUT2D eigenvalue weighted by Gasteiger charge is -1.98. The molecule has 0 saturated heterocycles. The van der Waals surface area contributed by atoms with E-state index in [2.05, 4.69) is 20.9 Å². The molecule has 110 valence electrons. The van der Waals surface area contributed by atoms with Gasteiger partial charge in [0.05, 0.1) is 6.21 Å². The monoisotopic (exact) mass is 375 g/mol. The molecular formula is C17H11BrClNO2. The Morgan fingerprint density at radius 3 is 2.59 bits per heavy atom. The molecule has 0 aliphatic rings. The molecule has 1 N–H and O–H groups in total. The third-order valence-electron chi connectivity index (χ3n) is 3.02. The molecule has 0 bridgehead atoms. The second-order valence-corrected chi connectivity index (χ2v) is 5.95. The first-order chi connectivity index (χ1) is 10.6. The van der Waals surface area contributed by atoms with Gasteiger partial charge >= 0.3 is 0 Å². The van der Waals surface area contributed by atoms with Crippen LogP contribution < -0.4 is 0 Å². The summed E-state index contributed by atoms with van der Waals surface area (Å²) in [4.78, 5) is 4.20. The lowest BCUT2D eigenvalue weighted by atomic mass is 10.2. The van der Waals surface area contributed by atoms with Gasteiger partial charge in [-0.25, -0.2) is 4.99 Å². The molecule has 0 amide bonds. The fourth-order valence-corrected chi connectivity index (χ4v) is 2.36. The first-order valence-electron chi connectivity index (χ1n) is 6.50. The Bertz CT molecular complexity index is 825. The van der Waals surface area contributed by atoms with Gasteiger partial charge in [-0.1, -0.05) is 39.7 Å². The van der Waals surface area contributed by atoms with Crippen LogP contribution in [0.25, 0.3) is 11.3 Å². The Hall–Kier alpha value is -2.04. The first-order valence-corrected chi connectivity index (χ1v) is 7.67. The zero-order valence-corrected chi connectivity index (χ0v) is 13.7. The minimum Gasteiger partial charge on any atom is -0.506 e. The number of phenolic OH excluding ortho intramolecular Hbond substituents is 1. The highest BCUT2D eigenvalue weighted by Gasteiger charge is 2.04.